The van der Waals surface area contributed by atoms with E-state index in [1.54, 1.807) is 0 Å². The summed E-state index contributed by atoms with van der Waals surface area (Å²) in [5, 5.41) is 8.53. The summed E-state index contributed by atoms with van der Waals surface area (Å²) in [7, 11) is 0. The average Bonchev–Trinajstić information content (AvgIpc) is 2.97. The lowest BCUT2D eigenvalue weighted by molar-refractivity contribution is -0.120. The highest BCUT2D eigenvalue weighted by Gasteiger charge is 2.22. The molecule has 5 nitrogen and oxygen atoms in total. The number of amides is 1. The van der Waals surface area contributed by atoms with Crippen LogP contribution in [0.25, 0.3) is 11.3 Å². The number of hydrogen-bond donors (Lipinski definition) is 2. The third kappa shape index (κ3) is 4.04. The Hall–Kier alpha value is -1.47. The lowest BCUT2D eigenvalue weighted by Crippen LogP contribution is -2.48. The number of aromatic nitrogens is 1. The summed E-state index contributed by atoms with van der Waals surface area (Å²) in [6, 6.07) is 7.87. The van der Waals surface area contributed by atoms with E-state index in [4.69, 9.17) is 4.74 Å². The first-order chi connectivity index (χ1) is 10.2. The lowest BCUT2D eigenvalue weighted by atomic mass is 10.1. The van der Waals surface area contributed by atoms with E-state index in [1.165, 1.54) is 16.9 Å². The van der Waals surface area contributed by atoms with Gasteiger partial charge in [-0.2, -0.15) is 0 Å². The summed E-state index contributed by atoms with van der Waals surface area (Å²) in [6.07, 6.45) is 0. The highest BCUT2D eigenvalue weighted by Crippen LogP contribution is 2.25. The van der Waals surface area contributed by atoms with Crippen LogP contribution in [0, 0.1) is 6.92 Å². The Kier molecular flexibility index (Phi) is 5.90. The SMILES string of the molecule is Cc1ccc(-c2csc(NC(=O)C3COCCN3)n2)cc1.Cl. The van der Waals surface area contributed by atoms with Crippen LogP contribution in [0.5, 0.6) is 0 Å². The molecule has 118 valence electrons. The largest absolute Gasteiger partial charge is 0.378 e. The summed E-state index contributed by atoms with van der Waals surface area (Å²) in [5.74, 6) is -0.0977. The predicted octanol–water partition coefficient (Wildman–Crippen LogP) is 2.47. The van der Waals surface area contributed by atoms with Crippen LogP contribution >= 0.6 is 23.7 Å². The Labute approximate surface area is 139 Å². The van der Waals surface area contributed by atoms with Gasteiger partial charge in [-0.3, -0.25) is 4.79 Å². The normalized spacial score (nSPS) is 17.6. The van der Waals surface area contributed by atoms with Gasteiger partial charge in [0.15, 0.2) is 5.13 Å². The highest BCUT2D eigenvalue weighted by molar-refractivity contribution is 7.14. The van der Waals surface area contributed by atoms with Gasteiger partial charge in [0, 0.05) is 17.5 Å². The van der Waals surface area contributed by atoms with Crippen LogP contribution in [-0.4, -0.2) is 36.7 Å². The van der Waals surface area contributed by atoms with Crippen molar-refractivity contribution in [1.29, 1.82) is 0 Å². The van der Waals surface area contributed by atoms with Crippen LogP contribution in [0.1, 0.15) is 5.56 Å². The van der Waals surface area contributed by atoms with E-state index >= 15 is 0 Å². The number of benzene rings is 1. The number of anilines is 1. The topological polar surface area (TPSA) is 63.2 Å². The fourth-order valence-corrected chi connectivity index (χ4v) is 2.84. The number of nitrogens with zero attached hydrogens (tertiary/aromatic N) is 1. The molecule has 1 amide bonds. The summed E-state index contributed by atoms with van der Waals surface area (Å²) in [4.78, 5) is 16.5. The molecule has 1 aliphatic rings. The number of rotatable bonds is 3. The van der Waals surface area contributed by atoms with Gasteiger partial charge in [0.05, 0.1) is 18.9 Å². The van der Waals surface area contributed by atoms with Crippen molar-refractivity contribution in [3.8, 4) is 11.3 Å². The van der Waals surface area contributed by atoms with E-state index < -0.39 is 0 Å². The molecule has 0 bridgehead atoms. The molecule has 2 heterocycles. The van der Waals surface area contributed by atoms with E-state index in [0.717, 1.165) is 11.3 Å². The highest BCUT2D eigenvalue weighted by atomic mass is 35.5. The monoisotopic (exact) mass is 339 g/mol. The maximum Gasteiger partial charge on any atom is 0.245 e. The average molecular weight is 340 g/mol. The summed E-state index contributed by atoms with van der Waals surface area (Å²) >= 11 is 1.43. The zero-order valence-electron chi connectivity index (χ0n) is 12.2. The summed E-state index contributed by atoms with van der Waals surface area (Å²) in [5.41, 5.74) is 3.14. The molecule has 7 heteroatoms. The summed E-state index contributed by atoms with van der Waals surface area (Å²) < 4.78 is 5.29. The molecular formula is C15H18ClN3O2S. The maximum atomic E-state index is 12.1. The number of nitrogens with one attached hydrogen (secondary N) is 2. The van der Waals surface area contributed by atoms with Crippen LogP contribution in [0.15, 0.2) is 29.6 Å². The molecule has 1 unspecified atom stereocenters. The minimum atomic E-state index is -0.300. The molecule has 0 aliphatic carbocycles. The van der Waals surface area contributed by atoms with E-state index in [2.05, 4.69) is 34.7 Å². The number of aryl methyl sites for hydroxylation is 1. The van der Waals surface area contributed by atoms with Crippen molar-refractivity contribution >= 4 is 34.8 Å². The molecule has 1 aromatic carbocycles. The second-order valence-electron chi connectivity index (χ2n) is 4.97. The third-order valence-corrected chi connectivity index (χ3v) is 4.08. The predicted molar refractivity (Wildman–Crippen MR) is 90.8 cm³/mol. The molecule has 1 atom stereocenters. The van der Waals surface area contributed by atoms with Crippen LogP contribution in [0.3, 0.4) is 0 Å². The number of morpholine rings is 1. The zero-order chi connectivity index (χ0) is 14.7. The number of ether oxygens (including phenoxy) is 1. The Morgan fingerprint density at radius 3 is 2.86 bits per heavy atom. The first kappa shape index (κ1) is 16.9. The van der Waals surface area contributed by atoms with Crippen LogP contribution in [0.4, 0.5) is 5.13 Å². The van der Waals surface area contributed by atoms with Crippen molar-refractivity contribution in [2.45, 2.75) is 13.0 Å². The van der Waals surface area contributed by atoms with Crippen LogP contribution in [-0.2, 0) is 9.53 Å². The Morgan fingerprint density at radius 1 is 1.41 bits per heavy atom. The van der Waals surface area contributed by atoms with Gasteiger partial charge < -0.3 is 15.4 Å². The van der Waals surface area contributed by atoms with Gasteiger partial charge in [-0.25, -0.2) is 4.98 Å². The van der Waals surface area contributed by atoms with Gasteiger partial charge in [0.2, 0.25) is 5.91 Å². The number of hydrogen-bond acceptors (Lipinski definition) is 5. The molecule has 1 aromatic heterocycles. The van der Waals surface area contributed by atoms with Crippen molar-refractivity contribution in [2.24, 2.45) is 0 Å². The molecule has 22 heavy (non-hydrogen) atoms. The van der Waals surface area contributed by atoms with Gasteiger partial charge in [0.25, 0.3) is 0 Å². The quantitative estimate of drug-likeness (QED) is 0.901. The second-order valence-corrected chi connectivity index (χ2v) is 5.83. The first-order valence-corrected chi connectivity index (χ1v) is 7.75. The number of halogens is 1. The fourth-order valence-electron chi connectivity index (χ4n) is 2.11. The van der Waals surface area contributed by atoms with Crippen molar-refractivity contribution in [1.82, 2.24) is 10.3 Å². The van der Waals surface area contributed by atoms with Crippen molar-refractivity contribution < 1.29 is 9.53 Å². The number of thiazole rings is 1. The molecule has 0 radical (unpaired) electrons. The minimum Gasteiger partial charge on any atom is -0.378 e. The Morgan fingerprint density at radius 2 is 2.18 bits per heavy atom. The fraction of sp³-hybridized carbons (Fsp3) is 0.333. The molecule has 0 saturated carbocycles. The van der Waals surface area contributed by atoms with Crippen molar-refractivity contribution in [2.75, 3.05) is 25.1 Å². The Bertz CT molecular complexity index is 624. The molecule has 3 rings (SSSR count). The van der Waals surface area contributed by atoms with Gasteiger partial charge in [-0.15, -0.1) is 23.7 Å². The number of carbonyl (C=O) groups is 1. The molecule has 0 spiro atoms. The lowest BCUT2D eigenvalue weighted by Gasteiger charge is -2.22. The molecule has 1 aliphatic heterocycles. The molecule has 1 fully saturated rings. The minimum absolute atomic E-state index is 0. The van der Waals surface area contributed by atoms with E-state index in [0.29, 0.717) is 24.9 Å². The second kappa shape index (κ2) is 7.69. The van der Waals surface area contributed by atoms with Gasteiger partial charge in [0.1, 0.15) is 6.04 Å². The molecular weight excluding hydrogens is 322 g/mol. The van der Waals surface area contributed by atoms with E-state index in [1.807, 2.05) is 17.5 Å². The Balaban J connectivity index is 0.00000176. The van der Waals surface area contributed by atoms with Gasteiger partial charge >= 0.3 is 0 Å². The molecule has 2 N–H and O–H groups in total. The smallest absolute Gasteiger partial charge is 0.245 e. The summed E-state index contributed by atoms with van der Waals surface area (Å²) in [6.45, 7) is 3.81. The van der Waals surface area contributed by atoms with Crippen molar-refractivity contribution in [3.05, 3.63) is 35.2 Å². The zero-order valence-corrected chi connectivity index (χ0v) is 13.8. The van der Waals surface area contributed by atoms with Crippen LogP contribution in [0.2, 0.25) is 0 Å². The third-order valence-electron chi connectivity index (χ3n) is 3.32. The molecule has 2 aromatic rings. The first-order valence-electron chi connectivity index (χ1n) is 6.87. The van der Waals surface area contributed by atoms with Gasteiger partial charge in [-0.05, 0) is 6.92 Å². The number of carbonyl (C=O) groups excluding carboxylic acids is 1. The van der Waals surface area contributed by atoms with Crippen molar-refractivity contribution in [3.63, 3.8) is 0 Å². The van der Waals surface area contributed by atoms with E-state index in [9.17, 15) is 4.79 Å². The van der Waals surface area contributed by atoms with E-state index in [-0.39, 0.29) is 24.4 Å². The maximum absolute atomic E-state index is 12.1. The van der Waals surface area contributed by atoms with Gasteiger partial charge in [-0.1, -0.05) is 29.8 Å². The molecule has 1 saturated heterocycles. The van der Waals surface area contributed by atoms with Crippen LogP contribution < -0.4 is 10.6 Å². The standard InChI is InChI=1S/C15H17N3O2S.ClH/c1-10-2-4-11(5-3-10)13-9-21-15(17-13)18-14(19)12-8-20-7-6-16-12;/h2-5,9,12,16H,6-8H2,1H3,(H,17,18,19);1H.